The molecule has 2 aliphatic heterocycles. The number of carbonyl (C=O) groups is 3. The van der Waals surface area contributed by atoms with Crippen molar-refractivity contribution in [1.29, 1.82) is 0 Å². The Labute approximate surface area is 142 Å². The Morgan fingerprint density at radius 2 is 2.00 bits per heavy atom. The molecule has 0 bridgehead atoms. The van der Waals surface area contributed by atoms with Gasteiger partial charge in [-0.2, -0.15) is 0 Å². The fourth-order valence-corrected chi connectivity index (χ4v) is 4.30. The summed E-state index contributed by atoms with van der Waals surface area (Å²) in [5.41, 5.74) is -1.74. The Morgan fingerprint density at radius 3 is 2.46 bits per heavy atom. The molecule has 7 nitrogen and oxygen atoms in total. The van der Waals surface area contributed by atoms with Crippen LogP contribution in [0.25, 0.3) is 0 Å². The van der Waals surface area contributed by atoms with Gasteiger partial charge in [0.25, 0.3) is 0 Å². The normalized spacial score (nSPS) is 36.3. The van der Waals surface area contributed by atoms with E-state index in [2.05, 4.69) is 5.32 Å². The molecule has 0 radical (unpaired) electrons. The molecule has 2 saturated heterocycles. The molecule has 0 aromatic heterocycles. The van der Waals surface area contributed by atoms with Crippen molar-refractivity contribution in [2.75, 3.05) is 7.11 Å². The predicted molar refractivity (Wildman–Crippen MR) is 87.2 cm³/mol. The third kappa shape index (κ3) is 2.89. The Kier molecular flexibility index (Phi) is 7.07. The summed E-state index contributed by atoms with van der Waals surface area (Å²) in [5.74, 6) is -1.09. The molecule has 0 saturated carbocycles. The van der Waals surface area contributed by atoms with Crippen LogP contribution in [-0.4, -0.2) is 59.2 Å². The van der Waals surface area contributed by atoms with Gasteiger partial charge in [0.1, 0.15) is 23.7 Å². The predicted octanol–water partition coefficient (Wildman–Crippen LogP) is 0.212. The molecule has 2 aliphatic rings. The molecule has 1 amide bonds. The minimum atomic E-state index is -1.02. The minimum Gasteiger partial charge on any atom is -0.400 e. The number of carbonyl (C=O) groups excluding carboxylic acids is 3. The van der Waals surface area contributed by atoms with Crippen LogP contribution in [0.3, 0.4) is 0 Å². The highest BCUT2D eigenvalue weighted by Gasteiger charge is 2.75. The van der Waals surface area contributed by atoms with Gasteiger partial charge in [-0.3, -0.25) is 4.79 Å². The molecular formula is C17H29NO6. The average Bonchev–Trinajstić information content (AvgIpc) is 2.75. The van der Waals surface area contributed by atoms with Crippen LogP contribution >= 0.6 is 0 Å². The third-order valence-electron chi connectivity index (χ3n) is 5.51. The second-order valence-electron chi connectivity index (χ2n) is 6.53. The molecule has 0 aromatic rings. The Bertz CT molecular complexity index is 470. The number of aliphatic hydroxyl groups is 2. The third-order valence-corrected chi connectivity index (χ3v) is 5.51. The zero-order chi connectivity index (χ0) is 18.5. The smallest absolute Gasteiger partial charge is 0.226 e. The summed E-state index contributed by atoms with van der Waals surface area (Å²) >= 11 is 0. The number of aliphatic hydroxyl groups excluding tert-OH is 2. The largest absolute Gasteiger partial charge is 0.400 e. The van der Waals surface area contributed by atoms with Gasteiger partial charge >= 0.3 is 0 Å². The second kappa shape index (κ2) is 8.18. The average molecular weight is 343 g/mol. The van der Waals surface area contributed by atoms with E-state index in [9.17, 15) is 19.5 Å². The highest BCUT2D eigenvalue weighted by Crippen LogP contribution is 2.55. The van der Waals surface area contributed by atoms with E-state index in [0.717, 1.165) is 19.7 Å². The van der Waals surface area contributed by atoms with E-state index in [1.165, 1.54) is 0 Å². The van der Waals surface area contributed by atoms with Crippen molar-refractivity contribution in [2.24, 2.45) is 11.8 Å². The van der Waals surface area contributed by atoms with Crippen molar-refractivity contribution >= 4 is 18.5 Å². The van der Waals surface area contributed by atoms with Crippen LogP contribution in [-0.2, 0) is 19.1 Å². The molecule has 6 unspecified atom stereocenters. The maximum absolute atomic E-state index is 12.3. The van der Waals surface area contributed by atoms with Crippen LogP contribution in [0.2, 0.25) is 0 Å². The first-order valence-corrected chi connectivity index (χ1v) is 8.40. The molecule has 3 N–H and O–H groups in total. The fraction of sp³-hybridized carbons (Fsp3) is 0.824. The molecule has 0 aromatic carbocycles. The van der Waals surface area contributed by atoms with Crippen LogP contribution < -0.4 is 5.32 Å². The number of nitrogens with one attached hydrogen (secondary N) is 1. The van der Waals surface area contributed by atoms with Crippen molar-refractivity contribution in [3.63, 3.8) is 0 Å². The number of fused-ring (bicyclic) bond motifs is 1. The van der Waals surface area contributed by atoms with Crippen molar-refractivity contribution in [2.45, 2.75) is 69.8 Å². The maximum Gasteiger partial charge on any atom is 0.226 e. The maximum atomic E-state index is 12.3. The number of ether oxygens (including phenoxy) is 1. The first kappa shape index (κ1) is 20.7. The zero-order valence-corrected chi connectivity index (χ0v) is 14.8. The number of aldehydes is 2. The van der Waals surface area contributed by atoms with Crippen molar-refractivity contribution in [1.82, 2.24) is 5.32 Å². The van der Waals surface area contributed by atoms with Gasteiger partial charge in [0.05, 0.1) is 18.1 Å². The number of amides is 1. The zero-order valence-electron chi connectivity index (χ0n) is 14.8. The van der Waals surface area contributed by atoms with Gasteiger partial charge in [-0.1, -0.05) is 6.92 Å². The topological polar surface area (TPSA) is 113 Å². The lowest BCUT2D eigenvalue weighted by molar-refractivity contribution is -0.297. The lowest BCUT2D eigenvalue weighted by Gasteiger charge is -2.61. The van der Waals surface area contributed by atoms with Crippen molar-refractivity contribution in [3.8, 4) is 0 Å². The lowest BCUT2D eigenvalue weighted by Crippen LogP contribution is -2.81. The summed E-state index contributed by atoms with van der Waals surface area (Å²) in [6.07, 6.45) is 2.07. The van der Waals surface area contributed by atoms with E-state index >= 15 is 0 Å². The lowest BCUT2D eigenvalue weighted by atomic mass is 9.62. The summed E-state index contributed by atoms with van der Waals surface area (Å²) in [7, 11) is 1.00. The van der Waals surface area contributed by atoms with Crippen LogP contribution in [0, 0.1) is 11.8 Å². The number of unbranched alkanes of at least 4 members (excludes halogenated alkanes) is 1. The van der Waals surface area contributed by atoms with E-state index < -0.39 is 23.2 Å². The minimum absolute atomic E-state index is 0.133. The summed E-state index contributed by atoms with van der Waals surface area (Å²) in [5, 5.41) is 20.8. The van der Waals surface area contributed by atoms with Gasteiger partial charge in [0.2, 0.25) is 5.91 Å². The first-order valence-electron chi connectivity index (χ1n) is 8.40. The van der Waals surface area contributed by atoms with Crippen LogP contribution in [0.1, 0.15) is 46.5 Å². The molecule has 7 heteroatoms. The number of rotatable bonds is 8. The molecule has 2 heterocycles. The number of hydrogen-bond acceptors (Lipinski definition) is 6. The van der Waals surface area contributed by atoms with E-state index in [1.54, 1.807) is 6.92 Å². The van der Waals surface area contributed by atoms with Gasteiger partial charge < -0.3 is 29.9 Å². The molecule has 2 rings (SSSR count). The van der Waals surface area contributed by atoms with E-state index in [1.807, 2.05) is 13.8 Å². The number of hydrogen-bond donors (Lipinski definition) is 3. The van der Waals surface area contributed by atoms with Crippen LogP contribution in [0.5, 0.6) is 0 Å². The molecule has 6 atom stereocenters. The van der Waals surface area contributed by atoms with Gasteiger partial charge in [-0.25, -0.2) is 0 Å². The van der Waals surface area contributed by atoms with Crippen molar-refractivity contribution in [3.05, 3.63) is 0 Å². The summed E-state index contributed by atoms with van der Waals surface area (Å²) < 4.78 is 5.85. The summed E-state index contributed by atoms with van der Waals surface area (Å²) in [6.45, 7) is 5.54. The Hall–Kier alpha value is -1.31. The summed E-state index contributed by atoms with van der Waals surface area (Å²) in [4.78, 5) is 34.1. The first-order chi connectivity index (χ1) is 11.4. The van der Waals surface area contributed by atoms with Crippen LogP contribution in [0.15, 0.2) is 0 Å². The molecular weight excluding hydrogens is 314 g/mol. The standard InChI is InChI=1S/C16H25NO5.CH4O/c1-4-12-14(21)17-16(10(2)22-15(12,16)3)13(20)11(9-19)7-5-6-8-18;1-2/h8-13,20H,4-7H2,1-3H3,(H,17,21);2H,1H3. The molecule has 0 spiro atoms. The van der Waals surface area contributed by atoms with E-state index in [4.69, 9.17) is 9.84 Å². The van der Waals surface area contributed by atoms with E-state index in [-0.39, 0.29) is 17.9 Å². The van der Waals surface area contributed by atoms with Crippen LogP contribution in [0.4, 0.5) is 0 Å². The molecule has 138 valence electrons. The van der Waals surface area contributed by atoms with Crippen molar-refractivity contribution < 1.29 is 29.3 Å². The fourth-order valence-electron chi connectivity index (χ4n) is 4.30. The Morgan fingerprint density at radius 1 is 1.38 bits per heavy atom. The molecule has 24 heavy (non-hydrogen) atoms. The van der Waals surface area contributed by atoms with Gasteiger partial charge in [-0.05, 0) is 33.1 Å². The van der Waals surface area contributed by atoms with Gasteiger partial charge in [0, 0.05) is 19.4 Å². The molecule has 0 aliphatic carbocycles. The second-order valence-corrected chi connectivity index (χ2v) is 6.53. The Balaban J connectivity index is 0.00000139. The monoisotopic (exact) mass is 343 g/mol. The molecule has 2 fully saturated rings. The highest BCUT2D eigenvalue weighted by atomic mass is 16.6. The van der Waals surface area contributed by atoms with Gasteiger partial charge in [-0.15, -0.1) is 0 Å². The quantitative estimate of drug-likeness (QED) is 0.429. The summed E-state index contributed by atoms with van der Waals surface area (Å²) in [6, 6.07) is 0. The van der Waals surface area contributed by atoms with E-state index in [0.29, 0.717) is 25.7 Å². The highest BCUT2D eigenvalue weighted by molar-refractivity contribution is 5.86. The van der Waals surface area contributed by atoms with Gasteiger partial charge in [0.15, 0.2) is 0 Å². The SMILES string of the molecule is CCC1C(=O)NC2(C(O)C(C=O)CCCC=O)C(C)OC12C.CO.